The van der Waals surface area contributed by atoms with Gasteiger partial charge in [0.2, 0.25) is 5.79 Å². The van der Waals surface area contributed by atoms with Gasteiger partial charge in [-0.2, -0.15) is 9.78 Å². The van der Waals surface area contributed by atoms with Crippen molar-refractivity contribution in [2.24, 2.45) is 0 Å². The minimum atomic E-state index is -0.741. The number of carboxylic acids is 1. The Morgan fingerprint density at radius 2 is 1.90 bits per heavy atom. The van der Waals surface area contributed by atoms with Gasteiger partial charge < -0.3 is 5.11 Å². The molecule has 0 amide bonds. The Hall–Kier alpha value is -0.690. The molecule has 2 fully saturated rings. The number of carboxylic acid groups (broad SMARTS) is 1. The molecule has 1 spiro atoms. The summed E-state index contributed by atoms with van der Waals surface area (Å²) in [5.41, 5.74) is 0. The SMILES string of the molecule is O=C(O)CCCCCC1COOC2(CCCCC2)OO1. The Morgan fingerprint density at radius 1 is 1.10 bits per heavy atom. The molecule has 1 N–H and O–H groups in total. The van der Waals surface area contributed by atoms with Crippen LogP contribution in [0.2, 0.25) is 0 Å². The Balaban J connectivity index is 1.63. The highest BCUT2D eigenvalue weighted by Gasteiger charge is 2.40. The van der Waals surface area contributed by atoms with Gasteiger partial charge in [0.15, 0.2) is 0 Å². The third-order valence-corrected chi connectivity index (χ3v) is 3.83. The smallest absolute Gasteiger partial charge is 0.303 e. The first-order chi connectivity index (χ1) is 9.70. The Labute approximate surface area is 119 Å². The Bertz CT molecular complexity index is 300. The molecular formula is C14H24O6. The van der Waals surface area contributed by atoms with Gasteiger partial charge in [0.05, 0.1) is 0 Å². The second-order valence-corrected chi connectivity index (χ2v) is 5.63. The molecule has 0 aromatic carbocycles. The molecular weight excluding hydrogens is 264 g/mol. The predicted octanol–water partition coefficient (Wildman–Crippen LogP) is 2.96. The first-order valence-corrected chi connectivity index (χ1v) is 7.57. The van der Waals surface area contributed by atoms with Crippen LogP contribution in [-0.4, -0.2) is 29.6 Å². The summed E-state index contributed by atoms with van der Waals surface area (Å²) in [4.78, 5) is 32.0. The molecule has 2 rings (SSSR count). The van der Waals surface area contributed by atoms with E-state index >= 15 is 0 Å². The molecule has 6 nitrogen and oxygen atoms in total. The van der Waals surface area contributed by atoms with Crippen molar-refractivity contribution in [2.75, 3.05) is 6.61 Å². The Morgan fingerprint density at radius 3 is 2.65 bits per heavy atom. The highest BCUT2D eigenvalue weighted by atomic mass is 17.3. The van der Waals surface area contributed by atoms with E-state index < -0.39 is 11.8 Å². The van der Waals surface area contributed by atoms with E-state index in [0.717, 1.165) is 44.9 Å². The van der Waals surface area contributed by atoms with Crippen molar-refractivity contribution in [1.82, 2.24) is 0 Å². The topological polar surface area (TPSA) is 74.2 Å². The second kappa shape index (κ2) is 7.93. The molecule has 1 aliphatic carbocycles. The highest BCUT2D eigenvalue weighted by molar-refractivity contribution is 5.66. The third kappa shape index (κ3) is 5.01. The molecule has 6 heteroatoms. The van der Waals surface area contributed by atoms with Crippen LogP contribution in [0.15, 0.2) is 0 Å². The lowest BCUT2D eigenvalue weighted by Crippen LogP contribution is -2.36. The van der Waals surface area contributed by atoms with Crippen molar-refractivity contribution < 1.29 is 29.5 Å². The first-order valence-electron chi connectivity index (χ1n) is 7.57. The van der Waals surface area contributed by atoms with Crippen molar-refractivity contribution in [1.29, 1.82) is 0 Å². The lowest BCUT2D eigenvalue weighted by molar-refractivity contribution is -0.489. The van der Waals surface area contributed by atoms with Crippen LogP contribution in [0.3, 0.4) is 0 Å². The van der Waals surface area contributed by atoms with E-state index in [4.69, 9.17) is 24.7 Å². The number of hydrogen-bond acceptors (Lipinski definition) is 5. The van der Waals surface area contributed by atoms with Crippen LogP contribution >= 0.6 is 0 Å². The van der Waals surface area contributed by atoms with Gasteiger partial charge in [-0.1, -0.05) is 19.3 Å². The van der Waals surface area contributed by atoms with Crippen molar-refractivity contribution in [2.45, 2.75) is 76.1 Å². The van der Waals surface area contributed by atoms with Gasteiger partial charge in [-0.05, 0) is 25.7 Å². The van der Waals surface area contributed by atoms with Crippen molar-refractivity contribution in [3.8, 4) is 0 Å². The fourth-order valence-electron chi connectivity index (χ4n) is 2.63. The van der Waals surface area contributed by atoms with Crippen LogP contribution in [0, 0.1) is 0 Å². The molecule has 116 valence electrons. The van der Waals surface area contributed by atoms with Gasteiger partial charge in [-0.25, -0.2) is 9.78 Å². The van der Waals surface area contributed by atoms with Gasteiger partial charge in [0.1, 0.15) is 12.7 Å². The molecule has 1 saturated heterocycles. The van der Waals surface area contributed by atoms with Crippen molar-refractivity contribution in [3.63, 3.8) is 0 Å². The summed E-state index contributed by atoms with van der Waals surface area (Å²) in [5.74, 6) is -1.45. The maximum atomic E-state index is 10.4. The number of aliphatic carboxylic acids is 1. The summed E-state index contributed by atoms with van der Waals surface area (Å²) in [5, 5.41) is 8.56. The average molecular weight is 288 g/mol. The van der Waals surface area contributed by atoms with E-state index in [1.165, 1.54) is 6.42 Å². The molecule has 1 heterocycles. The van der Waals surface area contributed by atoms with E-state index in [-0.39, 0.29) is 12.5 Å². The van der Waals surface area contributed by atoms with E-state index in [9.17, 15) is 4.79 Å². The Kier molecular flexibility index (Phi) is 6.22. The number of unbranched alkanes of at least 4 members (excludes halogenated alkanes) is 2. The van der Waals surface area contributed by atoms with E-state index in [0.29, 0.717) is 13.0 Å². The third-order valence-electron chi connectivity index (χ3n) is 3.83. The molecule has 2 aliphatic rings. The van der Waals surface area contributed by atoms with E-state index in [1.54, 1.807) is 0 Å². The first kappa shape index (κ1) is 15.7. The molecule has 0 radical (unpaired) electrons. The predicted molar refractivity (Wildman–Crippen MR) is 69.5 cm³/mol. The second-order valence-electron chi connectivity index (χ2n) is 5.63. The lowest BCUT2D eigenvalue weighted by Gasteiger charge is -2.31. The van der Waals surface area contributed by atoms with Gasteiger partial charge in [0, 0.05) is 19.3 Å². The average Bonchev–Trinajstić information content (AvgIpc) is 2.62. The molecule has 20 heavy (non-hydrogen) atoms. The summed E-state index contributed by atoms with van der Waals surface area (Å²) in [6.07, 6.45) is 8.28. The summed E-state index contributed by atoms with van der Waals surface area (Å²) >= 11 is 0. The van der Waals surface area contributed by atoms with Gasteiger partial charge in [-0.3, -0.25) is 4.79 Å². The quantitative estimate of drug-likeness (QED) is 0.598. The summed E-state index contributed by atoms with van der Waals surface area (Å²) < 4.78 is 0. The number of hydrogen-bond donors (Lipinski definition) is 1. The van der Waals surface area contributed by atoms with Crippen LogP contribution in [0.4, 0.5) is 0 Å². The van der Waals surface area contributed by atoms with Gasteiger partial charge in [-0.15, -0.1) is 0 Å². The molecule has 0 aromatic heterocycles. The van der Waals surface area contributed by atoms with E-state index in [1.807, 2.05) is 0 Å². The number of rotatable bonds is 6. The minimum Gasteiger partial charge on any atom is -0.481 e. The van der Waals surface area contributed by atoms with Crippen LogP contribution < -0.4 is 0 Å². The summed E-state index contributed by atoms with van der Waals surface area (Å²) in [6.45, 7) is 0.362. The largest absolute Gasteiger partial charge is 0.481 e. The molecule has 1 aliphatic heterocycles. The van der Waals surface area contributed by atoms with Crippen LogP contribution in [-0.2, 0) is 24.3 Å². The summed E-state index contributed by atoms with van der Waals surface area (Å²) in [6, 6.07) is 0. The van der Waals surface area contributed by atoms with Crippen LogP contribution in [0.5, 0.6) is 0 Å². The monoisotopic (exact) mass is 288 g/mol. The normalized spacial score (nSPS) is 26.3. The standard InChI is InChI=1S/C14H24O6/c15-13(16)8-4-1-3-7-12-11-17-19-14(20-18-12)9-5-2-6-10-14/h12H,1-11H2,(H,15,16). The van der Waals surface area contributed by atoms with E-state index in [2.05, 4.69) is 0 Å². The molecule has 1 saturated carbocycles. The number of carbonyl (C=O) groups is 1. The summed E-state index contributed by atoms with van der Waals surface area (Å²) in [7, 11) is 0. The molecule has 0 bridgehead atoms. The fraction of sp³-hybridized carbons (Fsp3) is 0.929. The maximum absolute atomic E-state index is 10.4. The zero-order valence-corrected chi connectivity index (χ0v) is 11.8. The fourth-order valence-corrected chi connectivity index (χ4v) is 2.63. The van der Waals surface area contributed by atoms with Crippen molar-refractivity contribution >= 4 is 5.97 Å². The molecule has 1 atom stereocenters. The highest BCUT2D eigenvalue weighted by Crippen LogP contribution is 2.35. The van der Waals surface area contributed by atoms with Crippen molar-refractivity contribution in [3.05, 3.63) is 0 Å². The van der Waals surface area contributed by atoms with Gasteiger partial charge >= 0.3 is 5.97 Å². The van der Waals surface area contributed by atoms with Gasteiger partial charge in [0.25, 0.3) is 0 Å². The van der Waals surface area contributed by atoms with Crippen LogP contribution in [0.1, 0.15) is 64.2 Å². The van der Waals surface area contributed by atoms with Crippen LogP contribution in [0.25, 0.3) is 0 Å². The molecule has 0 aromatic rings. The minimum absolute atomic E-state index is 0.138. The molecule has 1 unspecified atom stereocenters. The zero-order valence-electron chi connectivity index (χ0n) is 11.8. The zero-order chi connectivity index (χ0) is 14.3. The lowest BCUT2D eigenvalue weighted by atomic mass is 9.94. The maximum Gasteiger partial charge on any atom is 0.303 e.